The molecule has 3 atom stereocenters. The Morgan fingerprint density at radius 3 is 2.57 bits per heavy atom. The summed E-state index contributed by atoms with van der Waals surface area (Å²) < 4.78 is 11.1. The van der Waals surface area contributed by atoms with Crippen LogP contribution in [-0.4, -0.2) is 42.2 Å². The zero-order valence-electron chi connectivity index (χ0n) is 20.1. The van der Waals surface area contributed by atoms with Crippen molar-refractivity contribution in [1.82, 2.24) is 4.90 Å². The molecule has 4 nitrogen and oxygen atoms in total. The molecule has 2 aliphatic carbocycles. The minimum atomic E-state index is -0.666. The lowest BCUT2D eigenvalue weighted by Gasteiger charge is -2.62. The van der Waals surface area contributed by atoms with E-state index >= 15 is 0 Å². The van der Waals surface area contributed by atoms with Crippen LogP contribution in [0.2, 0.25) is 0 Å². The molecule has 1 fully saturated rings. The molecule has 0 radical (unpaired) electrons. The molecule has 30 heavy (non-hydrogen) atoms. The predicted molar refractivity (Wildman–Crippen MR) is 122 cm³/mol. The standard InChI is InChI=1S/C26H41NO3/c1-8-26-16-12-11-13-22(26)25(6,18-19-14-15-20(29-7)17-21(19)26)27(9-2)24(4,5)23(28)30-10-3/h14-15,17,22H,8-13,16,18H2,1-7H3/t22?,25-,26?/m0/s1. The molecule has 4 heteroatoms. The molecular weight excluding hydrogens is 374 g/mol. The highest BCUT2D eigenvalue weighted by Crippen LogP contribution is 2.58. The molecule has 1 aromatic rings. The lowest BCUT2D eigenvalue weighted by molar-refractivity contribution is -0.165. The lowest BCUT2D eigenvalue weighted by atomic mass is 9.50. The van der Waals surface area contributed by atoms with Gasteiger partial charge >= 0.3 is 5.97 Å². The van der Waals surface area contributed by atoms with E-state index in [9.17, 15) is 4.79 Å². The highest BCUT2D eigenvalue weighted by atomic mass is 16.5. The Morgan fingerprint density at radius 1 is 1.23 bits per heavy atom. The van der Waals surface area contributed by atoms with Gasteiger partial charge in [-0.15, -0.1) is 0 Å². The highest BCUT2D eigenvalue weighted by Gasteiger charge is 2.58. The number of hydrogen-bond donors (Lipinski definition) is 0. The van der Waals surface area contributed by atoms with Gasteiger partial charge in [0, 0.05) is 11.0 Å². The summed E-state index contributed by atoms with van der Waals surface area (Å²) in [5.74, 6) is 1.33. The summed E-state index contributed by atoms with van der Waals surface area (Å²) >= 11 is 0. The Kier molecular flexibility index (Phi) is 6.57. The van der Waals surface area contributed by atoms with Crippen LogP contribution in [0.3, 0.4) is 0 Å². The van der Waals surface area contributed by atoms with Crippen LogP contribution in [0.4, 0.5) is 0 Å². The largest absolute Gasteiger partial charge is 0.497 e. The van der Waals surface area contributed by atoms with E-state index in [4.69, 9.17) is 9.47 Å². The lowest BCUT2D eigenvalue weighted by Crippen LogP contribution is -2.69. The molecule has 0 amide bonds. The van der Waals surface area contributed by atoms with Crippen LogP contribution in [0.1, 0.15) is 84.8 Å². The number of nitrogens with zero attached hydrogens (tertiary/aromatic N) is 1. The Labute approximate surface area is 183 Å². The third-order valence-corrected chi connectivity index (χ3v) is 8.20. The molecule has 1 saturated carbocycles. The number of likely N-dealkylation sites (N-methyl/N-ethyl adjacent to an activating group) is 1. The first-order chi connectivity index (χ1) is 14.2. The molecule has 0 heterocycles. The highest BCUT2D eigenvalue weighted by molar-refractivity contribution is 5.80. The average Bonchev–Trinajstić information content (AvgIpc) is 2.74. The third kappa shape index (κ3) is 3.45. The fourth-order valence-corrected chi connectivity index (χ4v) is 6.99. The van der Waals surface area contributed by atoms with Gasteiger partial charge in [0.2, 0.25) is 0 Å². The molecule has 3 rings (SSSR count). The van der Waals surface area contributed by atoms with Crippen molar-refractivity contribution in [1.29, 1.82) is 0 Å². The van der Waals surface area contributed by atoms with Crippen LogP contribution in [0.15, 0.2) is 18.2 Å². The van der Waals surface area contributed by atoms with Gasteiger partial charge in [0.25, 0.3) is 0 Å². The minimum Gasteiger partial charge on any atom is -0.497 e. The molecule has 0 aromatic heterocycles. The first-order valence-electron chi connectivity index (χ1n) is 11.8. The number of methoxy groups -OCH3 is 1. The van der Waals surface area contributed by atoms with Crippen LogP contribution < -0.4 is 4.74 Å². The van der Waals surface area contributed by atoms with Gasteiger partial charge in [-0.25, -0.2) is 0 Å². The molecule has 0 N–H and O–H groups in total. The van der Waals surface area contributed by atoms with Crippen molar-refractivity contribution in [2.45, 2.75) is 96.6 Å². The molecule has 0 spiro atoms. The maximum atomic E-state index is 13.0. The van der Waals surface area contributed by atoms with E-state index in [2.05, 4.69) is 43.9 Å². The summed E-state index contributed by atoms with van der Waals surface area (Å²) in [6.45, 7) is 14.2. The maximum Gasteiger partial charge on any atom is 0.325 e. The molecule has 2 aliphatic rings. The average molecular weight is 416 g/mol. The maximum absolute atomic E-state index is 13.0. The summed E-state index contributed by atoms with van der Waals surface area (Å²) in [5.41, 5.74) is 2.25. The van der Waals surface area contributed by atoms with Gasteiger partial charge in [0.15, 0.2) is 0 Å². The molecule has 0 bridgehead atoms. The monoisotopic (exact) mass is 415 g/mol. The molecular formula is C26H41NO3. The second kappa shape index (κ2) is 8.53. The number of fused-ring (bicyclic) bond motifs is 3. The van der Waals surface area contributed by atoms with Gasteiger partial charge in [-0.2, -0.15) is 0 Å². The fraction of sp³-hybridized carbons (Fsp3) is 0.731. The smallest absolute Gasteiger partial charge is 0.325 e. The van der Waals surface area contributed by atoms with Gasteiger partial charge in [0.05, 0.1) is 13.7 Å². The van der Waals surface area contributed by atoms with Gasteiger partial charge in [-0.1, -0.05) is 32.8 Å². The summed E-state index contributed by atoms with van der Waals surface area (Å²) in [6.07, 6.45) is 7.01. The molecule has 0 aliphatic heterocycles. The van der Waals surface area contributed by atoms with E-state index in [0.29, 0.717) is 12.5 Å². The van der Waals surface area contributed by atoms with E-state index in [0.717, 1.165) is 25.1 Å². The Bertz CT molecular complexity index is 774. The van der Waals surface area contributed by atoms with Crippen molar-refractivity contribution in [3.8, 4) is 5.75 Å². The second-order valence-electron chi connectivity index (χ2n) is 9.89. The predicted octanol–water partition coefficient (Wildman–Crippen LogP) is 5.51. The van der Waals surface area contributed by atoms with E-state index in [1.54, 1.807) is 7.11 Å². The number of esters is 1. The first kappa shape index (κ1) is 23.1. The number of rotatable bonds is 7. The van der Waals surface area contributed by atoms with Crippen LogP contribution in [0.5, 0.6) is 5.75 Å². The Balaban J connectivity index is 2.17. The van der Waals surface area contributed by atoms with Crippen molar-refractivity contribution >= 4 is 5.97 Å². The Hall–Kier alpha value is -1.55. The summed E-state index contributed by atoms with van der Waals surface area (Å²) in [7, 11) is 1.76. The van der Waals surface area contributed by atoms with Crippen molar-refractivity contribution < 1.29 is 14.3 Å². The molecule has 1 aromatic carbocycles. The topological polar surface area (TPSA) is 38.8 Å². The van der Waals surface area contributed by atoms with Gasteiger partial charge in [-0.05, 0) is 89.1 Å². The van der Waals surface area contributed by atoms with E-state index in [1.807, 2.05) is 20.8 Å². The van der Waals surface area contributed by atoms with Crippen LogP contribution in [0, 0.1) is 5.92 Å². The van der Waals surface area contributed by atoms with Gasteiger partial charge in [0.1, 0.15) is 11.3 Å². The number of benzene rings is 1. The summed E-state index contributed by atoms with van der Waals surface area (Å²) in [4.78, 5) is 15.5. The number of hydrogen-bond acceptors (Lipinski definition) is 4. The zero-order valence-corrected chi connectivity index (χ0v) is 20.1. The SMILES string of the molecule is CCOC(=O)C(C)(C)N(CC)[C@@]1(C)Cc2ccc(OC)cc2C2(CC)CCCCC21. The van der Waals surface area contributed by atoms with Crippen molar-refractivity contribution in [3.63, 3.8) is 0 Å². The number of carbonyl (C=O) groups excluding carboxylic acids is 1. The fourth-order valence-electron chi connectivity index (χ4n) is 6.99. The van der Waals surface area contributed by atoms with Crippen molar-refractivity contribution in [3.05, 3.63) is 29.3 Å². The summed E-state index contributed by atoms with van der Waals surface area (Å²) in [5, 5.41) is 0. The zero-order chi connectivity index (χ0) is 22.2. The minimum absolute atomic E-state index is 0.108. The van der Waals surface area contributed by atoms with Crippen LogP contribution in [-0.2, 0) is 21.4 Å². The quantitative estimate of drug-likeness (QED) is 0.550. The number of carbonyl (C=O) groups is 1. The molecule has 168 valence electrons. The van der Waals surface area contributed by atoms with Gasteiger partial charge in [-0.3, -0.25) is 9.69 Å². The van der Waals surface area contributed by atoms with E-state index in [1.165, 1.54) is 36.8 Å². The van der Waals surface area contributed by atoms with Crippen LogP contribution in [0.25, 0.3) is 0 Å². The molecule has 0 saturated heterocycles. The van der Waals surface area contributed by atoms with E-state index < -0.39 is 5.54 Å². The Morgan fingerprint density at radius 2 is 1.97 bits per heavy atom. The normalized spacial score (nSPS) is 28.6. The van der Waals surface area contributed by atoms with Crippen molar-refractivity contribution in [2.75, 3.05) is 20.3 Å². The van der Waals surface area contributed by atoms with Crippen LogP contribution >= 0.6 is 0 Å². The summed E-state index contributed by atoms with van der Waals surface area (Å²) in [6, 6.07) is 6.65. The van der Waals surface area contributed by atoms with Crippen molar-refractivity contribution in [2.24, 2.45) is 5.92 Å². The molecule has 2 unspecified atom stereocenters. The first-order valence-corrected chi connectivity index (χ1v) is 11.8. The third-order valence-electron chi connectivity index (χ3n) is 8.20. The number of ether oxygens (including phenoxy) is 2. The van der Waals surface area contributed by atoms with Gasteiger partial charge < -0.3 is 9.47 Å². The van der Waals surface area contributed by atoms with E-state index in [-0.39, 0.29) is 16.9 Å². The second-order valence-corrected chi connectivity index (χ2v) is 9.89.